The van der Waals surface area contributed by atoms with Crippen molar-refractivity contribution in [1.82, 2.24) is 4.98 Å². The lowest BCUT2D eigenvalue weighted by Gasteiger charge is -2.06. The van der Waals surface area contributed by atoms with Gasteiger partial charge in [-0.05, 0) is 25.0 Å². The molecule has 3 nitrogen and oxygen atoms in total. The fourth-order valence-electron chi connectivity index (χ4n) is 1.63. The molecule has 1 fully saturated rings. The van der Waals surface area contributed by atoms with Gasteiger partial charge in [-0.25, -0.2) is 0 Å². The zero-order chi connectivity index (χ0) is 9.80. The molecular weight excluding hydrogens is 178 g/mol. The molecule has 0 radical (unpaired) electrons. The Morgan fingerprint density at radius 2 is 2.50 bits per heavy atom. The molecule has 1 saturated heterocycles. The summed E-state index contributed by atoms with van der Waals surface area (Å²) in [4.78, 5) is 15.8. The van der Waals surface area contributed by atoms with Crippen molar-refractivity contribution in [3.05, 3.63) is 30.1 Å². The molecule has 0 spiro atoms. The molecule has 0 aromatic carbocycles. The van der Waals surface area contributed by atoms with Gasteiger partial charge in [-0.3, -0.25) is 9.78 Å². The van der Waals surface area contributed by atoms with Gasteiger partial charge in [0.15, 0.2) is 5.78 Å². The zero-order valence-electron chi connectivity index (χ0n) is 7.98. The van der Waals surface area contributed by atoms with Crippen molar-refractivity contribution in [3.8, 4) is 0 Å². The Morgan fingerprint density at radius 1 is 1.57 bits per heavy atom. The van der Waals surface area contributed by atoms with E-state index in [4.69, 9.17) is 4.74 Å². The van der Waals surface area contributed by atoms with Crippen LogP contribution in [0.2, 0.25) is 0 Å². The van der Waals surface area contributed by atoms with Gasteiger partial charge in [0.1, 0.15) is 6.10 Å². The van der Waals surface area contributed by atoms with E-state index >= 15 is 0 Å². The second-order valence-electron chi connectivity index (χ2n) is 3.47. The van der Waals surface area contributed by atoms with E-state index in [1.54, 1.807) is 6.20 Å². The Balaban J connectivity index is 1.94. The monoisotopic (exact) mass is 191 g/mol. The van der Waals surface area contributed by atoms with Crippen molar-refractivity contribution >= 4 is 5.78 Å². The van der Waals surface area contributed by atoms with Crippen molar-refractivity contribution in [2.75, 3.05) is 6.61 Å². The predicted octanol–water partition coefficient (Wildman–Crippen LogP) is 1.37. The molecule has 74 valence electrons. The first-order valence-corrected chi connectivity index (χ1v) is 4.90. The van der Waals surface area contributed by atoms with Crippen LogP contribution >= 0.6 is 0 Å². The van der Waals surface area contributed by atoms with Crippen LogP contribution < -0.4 is 0 Å². The van der Waals surface area contributed by atoms with E-state index in [1.807, 2.05) is 18.2 Å². The number of carbonyl (C=O) groups excluding carboxylic acids is 1. The number of ketones is 1. The van der Waals surface area contributed by atoms with Gasteiger partial charge in [-0.15, -0.1) is 0 Å². The molecule has 1 aromatic heterocycles. The third kappa shape index (κ3) is 2.17. The van der Waals surface area contributed by atoms with Gasteiger partial charge >= 0.3 is 0 Å². The van der Waals surface area contributed by atoms with Gasteiger partial charge in [0, 0.05) is 18.5 Å². The minimum Gasteiger partial charge on any atom is -0.370 e. The van der Waals surface area contributed by atoms with Crippen molar-refractivity contribution in [2.24, 2.45) is 0 Å². The van der Waals surface area contributed by atoms with Gasteiger partial charge in [-0.2, -0.15) is 0 Å². The summed E-state index contributed by atoms with van der Waals surface area (Å²) < 4.78 is 5.31. The number of aromatic nitrogens is 1. The third-order valence-corrected chi connectivity index (χ3v) is 2.37. The molecule has 0 aliphatic carbocycles. The van der Waals surface area contributed by atoms with Gasteiger partial charge in [0.05, 0.1) is 6.42 Å². The molecule has 1 aliphatic rings. The van der Waals surface area contributed by atoms with Crippen molar-refractivity contribution in [3.63, 3.8) is 0 Å². The molecule has 0 bridgehead atoms. The summed E-state index contributed by atoms with van der Waals surface area (Å²) in [6, 6.07) is 5.61. The highest BCUT2D eigenvalue weighted by atomic mass is 16.5. The first-order chi connectivity index (χ1) is 6.86. The first kappa shape index (κ1) is 9.34. The van der Waals surface area contributed by atoms with Crippen LogP contribution in [0, 0.1) is 0 Å². The highest BCUT2D eigenvalue weighted by Gasteiger charge is 2.23. The van der Waals surface area contributed by atoms with E-state index in [1.165, 1.54) is 0 Å². The summed E-state index contributed by atoms with van der Waals surface area (Å²) in [6.07, 6.45) is 3.78. The highest BCUT2D eigenvalue weighted by Crippen LogP contribution is 2.14. The fourth-order valence-corrected chi connectivity index (χ4v) is 1.63. The van der Waals surface area contributed by atoms with Crippen LogP contribution in [0.3, 0.4) is 0 Å². The third-order valence-electron chi connectivity index (χ3n) is 2.37. The fraction of sp³-hybridized carbons (Fsp3) is 0.455. The number of hydrogen-bond acceptors (Lipinski definition) is 3. The van der Waals surface area contributed by atoms with Gasteiger partial charge < -0.3 is 4.74 Å². The van der Waals surface area contributed by atoms with E-state index in [-0.39, 0.29) is 11.9 Å². The standard InChI is InChI=1S/C11H13NO2/c13-10(11-5-3-7-14-11)8-9-4-1-2-6-12-9/h1-2,4,6,11H,3,5,7-8H2. The van der Waals surface area contributed by atoms with Crippen molar-refractivity contribution < 1.29 is 9.53 Å². The number of hydrogen-bond donors (Lipinski definition) is 0. The van der Waals surface area contributed by atoms with Crippen LogP contribution in [-0.4, -0.2) is 23.5 Å². The second kappa shape index (κ2) is 4.33. The number of pyridine rings is 1. The molecule has 1 aliphatic heterocycles. The van der Waals surface area contributed by atoms with Gasteiger partial charge in [-0.1, -0.05) is 6.07 Å². The number of nitrogens with zero attached hydrogens (tertiary/aromatic N) is 1. The summed E-state index contributed by atoms with van der Waals surface area (Å²) in [6.45, 7) is 0.721. The van der Waals surface area contributed by atoms with E-state index in [0.717, 1.165) is 25.1 Å². The molecule has 0 saturated carbocycles. The summed E-state index contributed by atoms with van der Waals surface area (Å²) in [5, 5.41) is 0. The second-order valence-corrected chi connectivity index (χ2v) is 3.47. The Hall–Kier alpha value is -1.22. The molecule has 0 N–H and O–H groups in total. The molecule has 1 unspecified atom stereocenters. The van der Waals surface area contributed by atoms with Crippen LogP contribution in [-0.2, 0) is 16.0 Å². The lowest BCUT2D eigenvalue weighted by atomic mass is 10.1. The molecule has 1 aromatic rings. The molecule has 2 rings (SSSR count). The maximum absolute atomic E-state index is 11.6. The normalized spacial score (nSPS) is 21.0. The van der Waals surface area contributed by atoms with Crippen LogP contribution in [0.15, 0.2) is 24.4 Å². The largest absolute Gasteiger partial charge is 0.370 e. The summed E-state index contributed by atoms with van der Waals surface area (Å²) in [5.41, 5.74) is 0.827. The summed E-state index contributed by atoms with van der Waals surface area (Å²) in [5.74, 6) is 0.154. The lowest BCUT2D eigenvalue weighted by molar-refractivity contribution is -0.127. The number of carbonyl (C=O) groups is 1. The highest BCUT2D eigenvalue weighted by molar-refractivity contribution is 5.85. The average Bonchev–Trinajstić information content (AvgIpc) is 2.72. The topological polar surface area (TPSA) is 39.2 Å². The maximum atomic E-state index is 11.6. The van der Waals surface area contributed by atoms with Crippen molar-refractivity contribution in [1.29, 1.82) is 0 Å². The molecule has 1 atom stereocenters. The predicted molar refractivity (Wildman–Crippen MR) is 51.9 cm³/mol. The Morgan fingerprint density at radius 3 is 3.14 bits per heavy atom. The van der Waals surface area contributed by atoms with Gasteiger partial charge in [0.25, 0.3) is 0 Å². The van der Waals surface area contributed by atoms with E-state index in [9.17, 15) is 4.79 Å². The molecule has 0 amide bonds. The van der Waals surface area contributed by atoms with Crippen LogP contribution in [0.25, 0.3) is 0 Å². The first-order valence-electron chi connectivity index (χ1n) is 4.90. The molecule has 14 heavy (non-hydrogen) atoms. The lowest BCUT2D eigenvalue weighted by Crippen LogP contribution is -2.21. The van der Waals surface area contributed by atoms with Crippen LogP contribution in [0.5, 0.6) is 0 Å². The number of rotatable bonds is 3. The SMILES string of the molecule is O=C(Cc1ccccn1)C1CCCO1. The Labute approximate surface area is 83.1 Å². The minimum atomic E-state index is -0.183. The van der Waals surface area contributed by atoms with Crippen molar-refractivity contribution in [2.45, 2.75) is 25.4 Å². The van der Waals surface area contributed by atoms with E-state index in [2.05, 4.69) is 4.98 Å². The van der Waals surface area contributed by atoms with Gasteiger partial charge in [0.2, 0.25) is 0 Å². The molecule has 2 heterocycles. The van der Waals surface area contributed by atoms with E-state index < -0.39 is 0 Å². The molecular formula is C11H13NO2. The van der Waals surface area contributed by atoms with Crippen LogP contribution in [0.1, 0.15) is 18.5 Å². The average molecular weight is 191 g/mol. The van der Waals surface area contributed by atoms with E-state index in [0.29, 0.717) is 6.42 Å². The zero-order valence-corrected chi connectivity index (χ0v) is 7.98. The Kier molecular flexibility index (Phi) is 2.89. The smallest absolute Gasteiger partial charge is 0.167 e. The maximum Gasteiger partial charge on any atom is 0.167 e. The number of Topliss-reactive ketones (excluding diaryl/α,β-unsaturated/α-hetero) is 1. The minimum absolute atomic E-state index is 0.154. The summed E-state index contributed by atoms with van der Waals surface area (Å²) in [7, 11) is 0. The van der Waals surface area contributed by atoms with Crippen LogP contribution in [0.4, 0.5) is 0 Å². The quantitative estimate of drug-likeness (QED) is 0.724. The Bertz CT molecular complexity index is 304. The summed E-state index contributed by atoms with van der Waals surface area (Å²) >= 11 is 0. The number of ether oxygens (including phenoxy) is 1. The molecule has 3 heteroatoms.